The van der Waals surface area contributed by atoms with Gasteiger partial charge in [0.25, 0.3) is 5.82 Å². The molecule has 2 aromatic carbocycles. The topological polar surface area (TPSA) is 156 Å². The van der Waals surface area contributed by atoms with Crippen LogP contribution in [0.2, 0.25) is 0 Å². The number of carbonyl (C=O) groups excluding carboxylic acids is 3. The van der Waals surface area contributed by atoms with Crippen LogP contribution in [0.1, 0.15) is 107 Å². The van der Waals surface area contributed by atoms with E-state index in [4.69, 9.17) is 9.47 Å². The summed E-state index contributed by atoms with van der Waals surface area (Å²) in [6, 6.07) is 14.7. The number of aryl methyl sites for hydroxylation is 2. The molecule has 5 heterocycles. The molecule has 0 bridgehead atoms. The number of nitrogens with one attached hydrogen (secondary N) is 2. The van der Waals surface area contributed by atoms with E-state index < -0.39 is 29.5 Å². The van der Waals surface area contributed by atoms with Crippen LogP contribution in [-0.2, 0) is 38.3 Å². The lowest BCUT2D eigenvalue weighted by atomic mass is 9.85. The van der Waals surface area contributed by atoms with Gasteiger partial charge < -0.3 is 29.9 Å². The fraction of sp³-hybridized carbons (Fsp3) is 0.553. The molecule has 2 fully saturated rings. The molecule has 3 amide bonds. The quantitative estimate of drug-likeness (QED) is 0.110. The molecule has 0 aliphatic carbocycles. The maximum atomic E-state index is 14.1. The van der Waals surface area contributed by atoms with Gasteiger partial charge in [0.1, 0.15) is 30.3 Å². The highest BCUT2D eigenvalue weighted by Gasteiger charge is 2.44. The predicted molar refractivity (Wildman–Crippen MR) is 241 cm³/mol. The van der Waals surface area contributed by atoms with Crippen molar-refractivity contribution in [2.75, 3.05) is 39.5 Å². The Hall–Kier alpha value is -5.36. The molecular formula is C47H60F3N9O5S. The number of fused-ring (bicyclic) bond motifs is 1. The molecule has 2 N–H and O–H groups in total. The van der Waals surface area contributed by atoms with Crippen molar-refractivity contribution in [1.82, 2.24) is 40.3 Å². The van der Waals surface area contributed by atoms with Crippen molar-refractivity contribution in [3.8, 4) is 16.2 Å². The number of carbonyl (C=O) groups is 3. The number of hydrogen-bond donors (Lipinski definition) is 2. The normalized spacial score (nSPS) is 18.6. The Morgan fingerprint density at radius 2 is 1.66 bits per heavy atom. The SMILES string of the molecule is Cc1ncsc1-c1ccc(CNC(=O)[C@@H]2CC(C)CN2C(=O)[C@@H](NC(=O)COCCCCCOc2ccc(C3CCN(C4=Nn5c(nnc5C(F)(F)F)CC4)CC3)cc2)C(C)(C)C)cc1. The summed E-state index contributed by atoms with van der Waals surface area (Å²) in [5.41, 5.74) is 5.45. The number of thiazole rings is 1. The molecule has 0 radical (unpaired) electrons. The fourth-order valence-corrected chi connectivity index (χ4v) is 9.53. The molecule has 1 unspecified atom stereocenters. The minimum Gasteiger partial charge on any atom is -0.494 e. The van der Waals surface area contributed by atoms with Crippen molar-refractivity contribution in [3.63, 3.8) is 0 Å². The van der Waals surface area contributed by atoms with Crippen molar-refractivity contribution in [2.45, 2.75) is 117 Å². The lowest BCUT2D eigenvalue weighted by Gasteiger charge is -2.35. The van der Waals surface area contributed by atoms with E-state index in [0.29, 0.717) is 70.4 Å². The fourth-order valence-electron chi connectivity index (χ4n) is 8.72. The molecule has 14 nitrogen and oxygen atoms in total. The average Bonchev–Trinajstić information content (AvgIpc) is 4.03. The third-order valence-electron chi connectivity index (χ3n) is 12.3. The van der Waals surface area contributed by atoms with Crippen molar-refractivity contribution in [1.29, 1.82) is 0 Å². The molecule has 350 valence electrons. The zero-order chi connectivity index (χ0) is 46.3. The number of likely N-dealkylation sites (tertiary alicyclic amines) is 2. The number of ether oxygens (including phenoxy) is 2. The minimum atomic E-state index is -4.61. The maximum absolute atomic E-state index is 14.1. The third-order valence-corrected chi connectivity index (χ3v) is 13.3. The monoisotopic (exact) mass is 919 g/mol. The Labute approximate surface area is 382 Å². The van der Waals surface area contributed by atoms with Gasteiger partial charge in [-0.25, -0.2) is 4.98 Å². The molecule has 0 saturated carbocycles. The van der Waals surface area contributed by atoms with Crippen molar-refractivity contribution >= 4 is 34.9 Å². The van der Waals surface area contributed by atoms with Crippen LogP contribution in [-0.4, -0.2) is 105 Å². The van der Waals surface area contributed by atoms with Crippen molar-refractivity contribution in [3.05, 3.63) is 82.5 Å². The smallest absolute Gasteiger partial charge is 0.453 e. The first-order valence-electron chi connectivity index (χ1n) is 22.6. The Morgan fingerprint density at radius 1 is 0.938 bits per heavy atom. The Bertz CT molecular complexity index is 2280. The van der Waals surface area contributed by atoms with E-state index in [2.05, 4.69) is 47.9 Å². The number of unbranched alkanes of at least 4 members (excludes halogenated alkanes) is 2. The number of aromatic nitrogens is 4. The summed E-state index contributed by atoms with van der Waals surface area (Å²) >= 11 is 1.59. The van der Waals surface area contributed by atoms with Crippen LogP contribution in [0.15, 0.2) is 59.1 Å². The summed E-state index contributed by atoms with van der Waals surface area (Å²) in [6.45, 7) is 12.6. The first-order chi connectivity index (χ1) is 31.0. The van der Waals surface area contributed by atoms with Crippen LogP contribution in [0.5, 0.6) is 5.75 Å². The Morgan fingerprint density at radius 3 is 2.34 bits per heavy atom. The number of hydrogen-bond acceptors (Lipinski definition) is 11. The molecule has 3 aliphatic heterocycles. The molecular weight excluding hydrogens is 860 g/mol. The zero-order valence-electron chi connectivity index (χ0n) is 37.8. The van der Waals surface area contributed by atoms with E-state index in [0.717, 1.165) is 64.2 Å². The molecule has 2 saturated heterocycles. The number of alkyl halides is 3. The van der Waals surface area contributed by atoms with Gasteiger partial charge in [-0.15, -0.1) is 21.5 Å². The molecule has 4 aromatic rings. The van der Waals surface area contributed by atoms with E-state index in [-0.39, 0.29) is 36.1 Å². The highest BCUT2D eigenvalue weighted by atomic mass is 32.1. The molecule has 0 spiro atoms. The lowest BCUT2D eigenvalue weighted by molar-refractivity contribution is -0.147. The van der Waals surface area contributed by atoms with E-state index >= 15 is 0 Å². The van der Waals surface area contributed by atoms with Gasteiger partial charge in [0.15, 0.2) is 5.82 Å². The van der Waals surface area contributed by atoms with Crippen LogP contribution in [0, 0.1) is 18.3 Å². The molecule has 65 heavy (non-hydrogen) atoms. The maximum Gasteiger partial charge on any atom is 0.453 e. The largest absolute Gasteiger partial charge is 0.494 e. The first-order valence-corrected chi connectivity index (χ1v) is 23.4. The number of nitrogens with zero attached hydrogens (tertiary/aromatic N) is 7. The Kier molecular flexibility index (Phi) is 15.3. The number of benzene rings is 2. The van der Waals surface area contributed by atoms with Gasteiger partial charge in [-0.05, 0) is 91.5 Å². The van der Waals surface area contributed by atoms with Gasteiger partial charge in [-0.3, -0.25) is 14.4 Å². The summed E-state index contributed by atoms with van der Waals surface area (Å²) in [5, 5.41) is 17.2. The Balaban J connectivity index is 0.779. The summed E-state index contributed by atoms with van der Waals surface area (Å²) in [7, 11) is 0. The summed E-state index contributed by atoms with van der Waals surface area (Å²) in [6.07, 6.45) is 0.969. The number of halogens is 3. The summed E-state index contributed by atoms with van der Waals surface area (Å²) in [5.74, 6) is 0.174. The third kappa shape index (κ3) is 12.1. The lowest BCUT2D eigenvalue weighted by Crippen LogP contribution is -2.58. The summed E-state index contributed by atoms with van der Waals surface area (Å²) < 4.78 is 52.6. The number of rotatable bonds is 16. The van der Waals surface area contributed by atoms with Gasteiger partial charge in [0, 0.05) is 45.6 Å². The second kappa shape index (κ2) is 20.9. The van der Waals surface area contributed by atoms with Crippen molar-refractivity contribution < 1.29 is 37.0 Å². The molecule has 3 atom stereocenters. The second-order valence-electron chi connectivity index (χ2n) is 18.5. The first kappa shape index (κ1) is 47.6. The molecule has 3 aliphatic rings. The van der Waals surface area contributed by atoms with Crippen molar-refractivity contribution in [2.24, 2.45) is 16.4 Å². The predicted octanol–water partition coefficient (Wildman–Crippen LogP) is 7.37. The zero-order valence-corrected chi connectivity index (χ0v) is 38.6. The molecule has 7 rings (SSSR count). The second-order valence-corrected chi connectivity index (χ2v) is 19.3. The van der Waals surface area contributed by atoms with Gasteiger partial charge in [-0.1, -0.05) is 64.1 Å². The molecule has 2 aromatic heterocycles. The highest BCUT2D eigenvalue weighted by Crippen LogP contribution is 2.33. The summed E-state index contributed by atoms with van der Waals surface area (Å²) in [4.78, 5) is 49.8. The van der Waals surface area contributed by atoms with Crippen LogP contribution < -0.4 is 15.4 Å². The highest BCUT2D eigenvalue weighted by molar-refractivity contribution is 7.13. The minimum absolute atomic E-state index is 0.131. The van der Waals surface area contributed by atoms with Crippen LogP contribution in [0.25, 0.3) is 10.4 Å². The number of amidine groups is 1. The van der Waals surface area contributed by atoms with Gasteiger partial charge in [-0.2, -0.15) is 22.9 Å². The van der Waals surface area contributed by atoms with E-state index in [1.165, 1.54) is 5.56 Å². The van der Waals surface area contributed by atoms with Crippen LogP contribution >= 0.6 is 11.3 Å². The van der Waals surface area contributed by atoms with Gasteiger partial charge in [0.2, 0.25) is 17.7 Å². The van der Waals surface area contributed by atoms with Gasteiger partial charge >= 0.3 is 6.18 Å². The number of amides is 3. The van der Waals surface area contributed by atoms with Gasteiger partial charge in [0.05, 0.1) is 22.7 Å². The average molecular weight is 920 g/mol. The molecule has 18 heteroatoms. The van der Waals surface area contributed by atoms with Crippen LogP contribution in [0.4, 0.5) is 13.2 Å². The standard InChI is InChI=1S/C47H60F3N9O5S/c1-30-25-37(43(61)51-26-32-9-11-35(12-10-32)41-31(2)52-29-65-41)58(27-30)44(62)42(46(3,4)5)53-40(60)28-63-23-7-6-8-24-64-36-15-13-33(14-16-36)34-19-21-57(22-20-34)39-18-17-38-54-55-45(47(48,49)50)59(38)56-39/h9-16,29-30,34,37,42H,6-8,17-28H2,1-5H3,(H,51,61)(H,53,60)/t30?,37-,42+/m0/s1. The van der Waals surface area contributed by atoms with E-state index in [1.54, 1.807) is 16.2 Å². The van der Waals surface area contributed by atoms with E-state index in [1.807, 2.05) is 76.5 Å². The number of piperidine rings is 1. The van der Waals surface area contributed by atoms with Crippen LogP contribution in [0.3, 0.4) is 0 Å². The van der Waals surface area contributed by atoms with E-state index in [9.17, 15) is 27.6 Å².